The van der Waals surface area contributed by atoms with Crippen LogP contribution in [0.1, 0.15) is 0 Å². The van der Waals surface area contributed by atoms with E-state index < -0.39 is 36.2 Å². The molecule has 0 bridgehead atoms. The first-order valence-electron chi connectivity index (χ1n) is 5.13. The lowest BCUT2D eigenvalue weighted by atomic mass is 9.98. The van der Waals surface area contributed by atoms with Crippen molar-refractivity contribution in [2.75, 3.05) is 14.1 Å². The molecule has 1 fully saturated rings. The van der Waals surface area contributed by atoms with Crippen molar-refractivity contribution in [1.82, 2.24) is 4.90 Å². The fraction of sp³-hybridized carbons (Fsp3) is 0.889. The molecule has 8 heteroatoms. The van der Waals surface area contributed by atoms with Crippen molar-refractivity contribution in [2.45, 2.75) is 36.2 Å². The normalized spacial score (nSPS) is 41.4. The van der Waals surface area contributed by atoms with E-state index in [-0.39, 0.29) is 0 Å². The van der Waals surface area contributed by atoms with E-state index in [9.17, 15) is 19.0 Å². The average Bonchev–Trinajstić information content (AvgIpc) is 2.67. The summed E-state index contributed by atoms with van der Waals surface area (Å²) in [5.74, 6) is 0. The Morgan fingerprint density at radius 2 is 2.00 bits per heavy atom. The van der Waals surface area contributed by atoms with Gasteiger partial charge in [-0.2, -0.15) is 0 Å². The summed E-state index contributed by atoms with van der Waals surface area (Å²) in [5, 5.41) is 19.9. The van der Waals surface area contributed by atoms with Gasteiger partial charge in [0.05, 0.1) is 0 Å². The van der Waals surface area contributed by atoms with Gasteiger partial charge in [0.25, 0.3) is 6.43 Å². The summed E-state index contributed by atoms with van der Waals surface area (Å²) >= 11 is 1.18. The second-order valence-electron chi connectivity index (χ2n) is 4.20. The van der Waals surface area contributed by atoms with Gasteiger partial charge in [0.2, 0.25) is 0 Å². The van der Waals surface area contributed by atoms with Crippen molar-refractivity contribution in [1.29, 1.82) is 0 Å². The number of rotatable bonds is 1. The van der Waals surface area contributed by atoms with Gasteiger partial charge < -0.3 is 19.8 Å². The van der Waals surface area contributed by atoms with E-state index in [1.54, 1.807) is 19.0 Å². The summed E-state index contributed by atoms with van der Waals surface area (Å²) in [6.07, 6.45) is -7.42. The highest BCUT2D eigenvalue weighted by molar-refractivity contribution is 8.14. The molecule has 0 aromatic carbocycles. The molecule has 2 aliphatic heterocycles. The summed E-state index contributed by atoms with van der Waals surface area (Å²) in [5.41, 5.74) is -0.662. The number of hydrogen-bond donors (Lipinski definition) is 2. The maximum absolute atomic E-state index is 12.6. The van der Waals surface area contributed by atoms with Crippen molar-refractivity contribution in [3.63, 3.8) is 0 Å². The van der Waals surface area contributed by atoms with Crippen LogP contribution < -0.4 is 0 Å². The summed E-state index contributed by atoms with van der Waals surface area (Å²) in [7, 11) is 3.52. The van der Waals surface area contributed by atoms with Gasteiger partial charge in [0.15, 0.2) is 5.17 Å². The zero-order chi connectivity index (χ0) is 12.7. The molecule has 2 N–H and O–H groups in total. The Hall–Kier alpha value is -0.440. The molecule has 0 spiro atoms. The van der Waals surface area contributed by atoms with E-state index in [0.717, 1.165) is 0 Å². The summed E-state index contributed by atoms with van der Waals surface area (Å²) in [6.45, 7) is 0. The second kappa shape index (κ2) is 4.68. The molecule has 2 aliphatic rings. The van der Waals surface area contributed by atoms with E-state index >= 15 is 0 Å². The first-order chi connectivity index (χ1) is 7.91. The Balaban J connectivity index is 2.15. The molecule has 98 valence electrons. The highest BCUT2D eigenvalue weighted by atomic mass is 32.2. The molecule has 2 rings (SSSR count). The van der Waals surface area contributed by atoms with Crippen LogP contribution in [-0.4, -0.2) is 70.6 Å². The minimum absolute atomic E-state index is 0.598. The van der Waals surface area contributed by atoms with Crippen LogP contribution in [0.15, 0.2) is 4.99 Å². The molecule has 0 aromatic heterocycles. The fourth-order valence-corrected chi connectivity index (χ4v) is 2.95. The summed E-state index contributed by atoms with van der Waals surface area (Å²) in [6, 6.07) is -0.692. The second-order valence-corrected chi connectivity index (χ2v) is 5.26. The predicted molar refractivity (Wildman–Crippen MR) is 59.2 cm³/mol. The molecular formula is C9H14F2N2O3S. The van der Waals surface area contributed by atoms with Crippen LogP contribution in [0.2, 0.25) is 0 Å². The van der Waals surface area contributed by atoms with Crippen LogP contribution in [-0.2, 0) is 4.74 Å². The van der Waals surface area contributed by atoms with Crippen molar-refractivity contribution in [3.8, 4) is 0 Å². The Morgan fingerprint density at radius 3 is 2.53 bits per heavy atom. The number of thioether (sulfide) groups is 1. The fourth-order valence-electron chi connectivity index (χ4n) is 1.80. The van der Waals surface area contributed by atoms with Gasteiger partial charge in [-0.25, -0.2) is 8.78 Å². The molecule has 0 amide bonds. The van der Waals surface area contributed by atoms with Crippen LogP contribution in [0.4, 0.5) is 8.78 Å². The zero-order valence-electron chi connectivity index (χ0n) is 9.33. The Morgan fingerprint density at radius 1 is 1.35 bits per heavy atom. The topological polar surface area (TPSA) is 65.3 Å². The maximum Gasteiger partial charge on any atom is 0.267 e. The lowest BCUT2D eigenvalue weighted by Gasteiger charge is -2.37. The number of aliphatic imine (C=N–C) groups is 1. The van der Waals surface area contributed by atoms with E-state index in [2.05, 4.69) is 4.99 Å². The van der Waals surface area contributed by atoms with Crippen molar-refractivity contribution < 1.29 is 23.7 Å². The minimum Gasteiger partial charge on any atom is -0.388 e. The molecular weight excluding hydrogens is 254 g/mol. The maximum atomic E-state index is 12.6. The first kappa shape index (κ1) is 13.0. The molecule has 5 nitrogen and oxygen atoms in total. The highest BCUT2D eigenvalue weighted by Gasteiger charge is 2.51. The number of hydrogen-bond acceptors (Lipinski definition) is 6. The zero-order valence-corrected chi connectivity index (χ0v) is 10.1. The number of nitrogens with zero attached hydrogens (tertiary/aromatic N) is 2. The van der Waals surface area contributed by atoms with Crippen molar-refractivity contribution in [3.05, 3.63) is 0 Å². The highest BCUT2D eigenvalue weighted by Crippen LogP contribution is 2.38. The summed E-state index contributed by atoms with van der Waals surface area (Å²) in [4.78, 5) is 5.87. The van der Waals surface area contributed by atoms with Gasteiger partial charge >= 0.3 is 0 Å². The molecule has 0 aromatic rings. The van der Waals surface area contributed by atoms with Crippen LogP contribution in [0.25, 0.3) is 0 Å². The molecule has 0 aliphatic carbocycles. The smallest absolute Gasteiger partial charge is 0.267 e. The summed E-state index contributed by atoms with van der Waals surface area (Å²) < 4.78 is 30.3. The molecule has 0 saturated carbocycles. The molecule has 2 heterocycles. The Labute approximate surface area is 101 Å². The number of aliphatic hydroxyl groups excluding tert-OH is 2. The molecule has 17 heavy (non-hydrogen) atoms. The first-order valence-corrected chi connectivity index (χ1v) is 6.01. The number of amidine groups is 1. The van der Waals surface area contributed by atoms with Gasteiger partial charge in [-0.05, 0) is 0 Å². The van der Waals surface area contributed by atoms with Crippen LogP contribution in [0.5, 0.6) is 0 Å². The molecule has 0 radical (unpaired) electrons. The largest absolute Gasteiger partial charge is 0.388 e. The van der Waals surface area contributed by atoms with Gasteiger partial charge in [0.1, 0.15) is 29.8 Å². The van der Waals surface area contributed by atoms with Crippen LogP contribution in [0, 0.1) is 0 Å². The van der Waals surface area contributed by atoms with Crippen molar-refractivity contribution >= 4 is 16.9 Å². The van der Waals surface area contributed by atoms with Crippen LogP contribution in [0.3, 0.4) is 0 Å². The van der Waals surface area contributed by atoms with Gasteiger partial charge in [0, 0.05) is 14.1 Å². The van der Waals surface area contributed by atoms with Crippen LogP contribution >= 0.6 is 11.8 Å². The van der Waals surface area contributed by atoms with Crippen molar-refractivity contribution in [2.24, 2.45) is 4.99 Å². The Kier molecular flexibility index (Phi) is 3.58. The number of halogens is 2. The molecule has 1 unspecified atom stereocenters. The number of aliphatic hydroxyl groups is 2. The third-order valence-electron chi connectivity index (χ3n) is 2.72. The van der Waals surface area contributed by atoms with Gasteiger partial charge in [-0.15, -0.1) is 0 Å². The predicted octanol–water partition coefficient (Wildman–Crippen LogP) is -0.269. The quantitative estimate of drug-likeness (QED) is 0.685. The van der Waals surface area contributed by atoms with E-state index in [1.807, 2.05) is 0 Å². The number of fused-ring (bicyclic) bond motifs is 1. The van der Waals surface area contributed by atoms with Gasteiger partial charge in [-0.1, -0.05) is 11.8 Å². The average molecular weight is 268 g/mol. The third kappa shape index (κ3) is 2.26. The molecule has 5 atom stereocenters. The number of alkyl halides is 2. The number of ether oxygens (including phenoxy) is 1. The minimum atomic E-state index is -2.83. The molecule has 1 saturated heterocycles. The SMILES string of the molecule is CN(C)C1=NC2[C@H](O[C@H](C(F)F)[C@@H](O)[C@@H]2O)S1. The van der Waals surface area contributed by atoms with E-state index in [0.29, 0.717) is 5.17 Å². The van der Waals surface area contributed by atoms with Gasteiger partial charge in [-0.3, -0.25) is 4.99 Å². The van der Waals surface area contributed by atoms with E-state index in [1.165, 1.54) is 11.8 Å². The Bertz CT molecular complexity index is 329. The lowest BCUT2D eigenvalue weighted by molar-refractivity contribution is -0.193. The lowest BCUT2D eigenvalue weighted by Crippen LogP contribution is -2.56. The standard InChI is InChI=1S/C9H14F2N2O3S/c1-13(2)9-12-3-4(14)5(15)6(7(10)11)16-8(3)17-9/h3-8,14-15H,1-2H3/t3?,4-,5+,6+,8-/m1/s1. The van der Waals surface area contributed by atoms with E-state index in [4.69, 9.17) is 4.74 Å². The third-order valence-corrected chi connectivity index (χ3v) is 4.02. The monoisotopic (exact) mass is 268 g/mol.